The van der Waals surface area contributed by atoms with Crippen LogP contribution in [0, 0.1) is 5.92 Å². The largest absolute Gasteiger partial charge is 0.0808 e. The number of rotatable bonds is 3. The molecular weight excluding hydrogens is 901 g/mol. The minimum atomic E-state index is -0.396. The van der Waals surface area contributed by atoms with Gasteiger partial charge in [0.2, 0.25) is 0 Å². The van der Waals surface area contributed by atoms with Crippen molar-refractivity contribution in [2.24, 2.45) is 5.92 Å². The molecule has 5 aliphatic carbocycles. The Balaban J connectivity index is 0.756. The van der Waals surface area contributed by atoms with E-state index in [0.717, 1.165) is 0 Å². The zero-order valence-electron chi connectivity index (χ0n) is 41.3. The van der Waals surface area contributed by atoms with Gasteiger partial charge in [0.05, 0.1) is 10.8 Å². The van der Waals surface area contributed by atoms with Crippen molar-refractivity contribution in [3.05, 3.63) is 299 Å². The second kappa shape index (κ2) is 14.1. The van der Waals surface area contributed by atoms with Gasteiger partial charge in [0.1, 0.15) is 0 Å². The van der Waals surface area contributed by atoms with Gasteiger partial charge in [-0.25, -0.2) is 0 Å². The van der Waals surface area contributed by atoms with Crippen LogP contribution in [0.2, 0.25) is 0 Å². The van der Waals surface area contributed by atoms with Gasteiger partial charge in [0.25, 0.3) is 0 Å². The molecule has 0 amide bonds. The number of hydrogen-bond donors (Lipinski definition) is 0. The lowest BCUT2D eigenvalue weighted by Crippen LogP contribution is -2.28. The van der Waals surface area contributed by atoms with Crippen LogP contribution in [0.1, 0.15) is 57.3 Å². The van der Waals surface area contributed by atoms with Gasteiger partial charge in [0.15, 0.2) is 0 Å². The molecule has 0 aromatic heterocycles. The first-order valence-corrected chi connectivity index (χ1v) is 26.9. The highest BCUT2D eigenvalue weighted by atomic mass is 14.6. The summed E-state index contributed by atoms with van der Waals surface area (Å²) < 4.78 is 0. The zero-order valence-corrected chi connectivity index (χ0v) is 41.3. The van der Waals surface area contributed by atoms with Crippen molar-refractivity contribution >= 4 is 64.6 Å². The quantitative estimate of drug-likeness (QED) is 0.155. The van der Waals surface area contributed by atoms with Gasteiger partial charge in [0, 0.05) is 5.92 Å². The fourth-order valence-corrected chi connectivity index (χ4v) is 16.2. The predicted octanol–water partition coefficient (Wildman–Crippen LogP) is 19.2. The van der Waals surface area contributed by atoms with Crippen molar-refractivity contribution in [1.82, 2.24) is 0 Å². The first-order valence-electron chi connectivity index (χ1n) is 26.9. The molecule has 13 aromatic rings. The lowest BCUT2D eigenvalue weighted by atomic mass is 9.67. The fourth-order valence-electron chi connectivity index (χ4n) is 16.2. The third-order valence-corrected chi connectivity index (χ3v) is 18.9. The SMILES string of the molecule is CC1C=CC=C2C1c1ccccc1C21c2cccc3c4ccc(-c5cccc(-c6cccc(-c7ccc8c(c7)-c7ccccc7C87c8cccc9c%10ccccc%10c%10cccc7c%10c89)c6)c5)cc4c4cccc1c4c23. The van der Waals surface area contributed by atoms with Crippen molar-refractivity contribution in [2.45, 2.75) is 23.7 Å². The summed E-state index contributed by atoms with van der Waals surface area (Å²) in [5.41, 5.74) is 22.1. The molecule has 3 atom stereocenters. The van der Waals surface area contributed by atoms with Crippen LogP contribution in [0.4, 0.5) is 0 Å². The normalized spacial score (nSPS) is 18.7. The van der Waals surface area contributed by atoms with Crippen molar-refractivity contribution in [3.8, 4) is 44.5 Å². The van der Waals surface area contributed by atoms with Gasteiger partial charge < -0.3 is 0 Å². The van der Waals surface area contributed by atoms with Crippen LogP contribution in [-0.4, -0.2) is 0 Å². The molecule has 5 aliphatic rings. The van der Waals surface area contributed by atoms with Crippen LogP contribution in [0.3, 0.4) is 0 Å². The Kier molecular flexibility index (Phi) is 7.61. The Morgan fingerprint density at radius 3 is 1.33 bits per heavy atom. The summed E-state index contributed by atoms with van der Waals surface area (Å²) in [4.78, 5) is 0. The lowest BCUT2D eigenvalue weighted by molar-refractivity contribution is 0.588. The molecule has 0 fully saturated rings. The second-order valence-corrected chi connectivity index (χ2v) is 22.1. The molecule has 0 heterocycles. The molecule has 0 saturated heterocycles. The smallest absolute Gasteiger partial charge is 0.0725 e. The molecule has 0 N–H and O–H groups in total. The van der Waals surface area contributed by atoms with Gasteiger partial charge in [-0.05, 0) is 189 Å². The first kappa shape index (κ1) is 40.4. The van der Waals surface area contributed by atoms with E-state index < -0.39 is 5.41 Å². The third-order valence-electron chi connectivity index (χ3n) is 18.9. The Bertz CT molecular complexity index is 4780. The maximum Gasteiger partial charge on any atom is 0.0725 e. The average molecular weight is 947 g/mol. The van der Waals surface area contributed by atoms with E-state index in [4.69, 9.17) is 0 Å². The second-order valence-electron chi connectivity index (χ2n) is 22.1. The maximum atomic E-state index is 2.47. The minimum Gasteiger partial charge on any atom is -0.0808 e. The predicted molar refractivity (Wildman–Crippen MR) is 314 cm³/mol. The summed E-state index contributed by atoms with van der Waals surface area (Å²) in [6.45, 7) is 2.40. The van der Waals surface area contributed by atoms with E-state index in [0.29, 0.717) is 11.8 Å². The molecule has 0 radical (unpaired) electrons. The average Bonchev–Trinajstić information content (AvgIpc) is 4.30. The molecule has 2 spiro atoms. The highest BCUT2D eigenvalue weighted by molar-refractivity contribution is 6.31. The summed E-state index contributed by atoms with van der Waals surface area (Å²) in [5, 5.41) is 16.3. The van der Waals surface area contributed by atoms with E-state index in [2.05, 4.69) is 256 Å². The van der Waals surface area contributed by atoms with Crippen molar-refractivity contribution in [2.75, 3.05) is 0 Å². The van der Waals surface area contributed by atoms with Gasteiger partial charge in [-0.3, -0.25) is 0 Å². The third kappa shape index (κ3) is 4.77. The molecule has 0 bridgehead atoms. The van der Waals surface area contributed by atoms with E-state index in [1.807, 2.05) is 0 Å². The fraction of sp³-hybridized carbons (Fsp3) is 0.0667. The lowest BCUT2D eigenvalue weighted by Gasteiger charge is -2.34. The Morgan fingerprint density at radius 1 is 0.293 bits per heavy atom. The molecule has 0 heteroatoms. The molecule has 13 aromatic carbocycles. The van der Waals surface area contributed by atoms with Gasteiger partial charge >= 0.3 is 0 Å². The van der Waals surface area contributed by atoms with Crippen molar-refractivity contribution in [3.63, 3.8) is 0 Å². The standard InChI is InChI=1S/C75H46/c1-43-15-8-30-64-69(43)58-23-5-7-29-62(58)75(64)67-33-13-26-56-52-37-35-48(41-59(52)57-27-14-34-68(75)73(57)72(56)67)46-18-9-16-44(39-46)45-17-10-19-47(40-45)49-36-38-63-60(42-49)53-22-4-6-28-61(53)74(63)65-31-11-24-54-50-20-2-3-21-51(50)55-25-12-32-66(74)71(55)70(54)65/h2-43,69H,1H3. The zero-order chi connectivity index (χ0) is 48.9. The van der Waals surface area contributed by atoms with Crippen LogP contribution >= 0.6 is 0 Å². The summed E-state index contributed by atoms with van der Waals surface area (Å²) in [7, 11) is 0. The number of allylic oxidation sites excluding steroid dienone is 4. The highest BCUT2D eigenvalue weighted by Gasteiger charge is 2.55. The monoisotopic (exact) mass is 946 g/mol. The molecule has 0 aliphatic heterocycles. The summed E-state index contributed by atoms with van der Waals surface area (Å²) in [5.74, 6) is 0.798. The first-order chi connectivity index (χ1) is 37.1. The summed E-state index contributed by atoms with van der Waals surface area (Å²) in [6.07, 6.45) is 7.16. The van der Waals surface area contributed by atoms with Crippen LogP contribution in [0.15, 0.2) is 254 Å². The maximum absolute atomic E-state index is 2.47. The Morgan fingerprint density at radius 2 is 0.720 bits per heavy atom. The van der Waals surface area contributed by atoms with Gasteiger partial charge in [-0.2, -0.15) is 0 Å². The van der Waals surface area contributed by atoms with Crippen LogP contribution in [0.25, 0.3) is 109 Å². The molecule has 0 nitrogen and oxygen atoms in total. The van der Waals surface area contributed by atoms with E-state index in [1.54, 1.807) is 0 Å². The Hall–Kier alpha value is -9.10. The summed E-state index contributed by atoms with van der Waals surface area (Å²) in [6, 6.07) is 88.7. The van der Waals surface area contributed by atoms with E-state index >= 15 is 0 Å². The van der Waals surface area contributed by atoms with Gasteiger partial charge in [-0.1, -0.05) is 231 Å². The van der Waals surface area contributed by atoms with E-state index in [9.17, 15) is 0 Å². The topological polar surface area (TPSA) is 0 Å². The van der Waals surface area contributed by atoms with Crippen LogP contribution in [-0.2, 0) is 10.8 Å². The van der Waals surface area contributed by atoms with Crippen LogP contribution < -0.4 is 0 Å². The van der Waals surface area contributed by atoms with Gasteiger partial charge in [-0.15, -0.1) is 0 Å². The van der Waals surface area contributed by atoms with Crippen molar-refractivity contribution in [1.29, 1.82) is 0 Å². The molecule has 3 unspecified atom stereocenters. The molecule has 75 heavy (non-hydrogen) atoms. The molecule has 18 rings (SSSR count). The summed E-state index contributed by atoms with van der Waals surface area (Å²) >= 11 is 0. The Labute approximate surface area is 435 Å². The van der Waals surface area contributed by atoms with Crippen molar-refractivity contribution < 1.29 is 0 Å². The number of fused-ring (bicyclic) bond motifs is 20. The van der Waals surface area contributed by atoms with E-state index in [-0.39, 0.29) is 5.41 Å². The number of hydrogen-bond acceptors (Lipinski definition) is 0. The van der Waals surface area contributed by atoms with E-state index in [1.165, 1.54) is 159 Å². The number of benzene rings is 13. The van der Waals surface area contributed by atoms with Crippen LogP contribution in [0.5, 0.6) is 0 Å². The molecule has 0 saturated carbocycles. The highest BCUT2D eigenvalue weighted by Crippen LogP contribution is 2.67. The molecular formula is C75H46. The molecule has 346 valence electrons. The minimum absolute atomic E-state index is 0.306.